The Balaban J connectivity index is 1.63. The minimum absolute atomic E-state index is 0.00702. The summed E-state index contributed by atoms with van der Waals surface area (Å²) >= 11 is 0. The largest absolute Gasteiger partial charge is 0.486 e. The predicted molar refractivity (Wildman–Crippen MR) is 108 cm³/mol. The Morgan fingerprint density at radius 1 is 1.32 bits per heavy atom. The van der Waals surface area contributed by atoms with Gasteiger partial charge >= 0.3 is 6.18 Å². The molecule has 1 saturated heterocycles. The molecule has 182 valence electrons. The van der Waals surface area contributed by atoms with E-state index in [1.807, 2.05) is 0 Å². The number of furan rings is 1. The molecular weight excluding hydrogens is 468 g/mol. The number of nitrogens with zero attached hydrogens (tertiary/aromatic N) is 1. The summed E-state index contributed by atoms with van der Waals surface area (Å²) < 4.78 is 93.7. The van der Waals surface area contributed by atoms with E-state index in [1.165, 1.54) is 19.1 Å². The van der Waals surface area contributed by atoms with Crippen molar-refractivity contribution in [2.75, 3.05) is 13.1 Å². The highest BCUT2D eigenvalue weighted by atomic mass is 19.4. The minimum Gasteiger partial charge on any atom is -0.486 e. The molecular formula is C22H19F6N3O3. The molecule has 3 heterocycles. The molecule has 1 unspecified atom stereocenters. The third kappa shape index (κ3) is 4.54. The highest BCUT2D eigenvalue weighted by Gasteiger charge is 2.43. The van der Waals surface area contributed by atoms with Crippen LogP contribution in [0.4, 0.5) is 26.3 Å². The van der Waals surface area contributed by atoms with E-state index in [0.717, 1.165) is 18.3 Å². The fourth-order valence-electron chi connectivity index (χ4n) is 3.84. The lowest BCUT2D eigenvalue weighted by Gasteiger charge is -2.32. The number of rotatable bonds is 5. The smallest absolute Gasteiger partial charge is 0.433 e. The van der Waals surface area contributed by atoms with Crippen LogP contribution in [-0.2, 0) is 12.8 Å². The molecule has 2 N–H and O–H groups in total. The average molecular weight is 487 g/mol. The van der Waals surface area contributed by atoms with Crippen molar-refractivity contribution < 1.29 is 40.3 Å². The standard InChI is InChI=1S/C22H19F6N3O3/c1-11-16(20(32)31-15-6-8-29-10-21(15,24)25)17-13(34-11)4-5-14(18(17)23)33-9-12-3-2-7-30-19(12)22(26,27)28/h2-5,7,15,29H,6,8-10H2,1H3,(H,31,32). The monoisotopic (exact) mass is 487 g/mol. The fourth-order valence-corrected chi connectivity index (χ4v) is 3.84. The lowest BCUT2D eigenvalue weighted by atomic mass is 10.0. The second-order valence-electron chi connectivity index (χ2n) is 7.83. The molecule has 0 radical (unpaired) electrons. The van der Waals surface area contributed by atoms with Crippen LogP contribution in [0.15, 0.2) is 34.9 Å². The number of amides is 1. The summed E-state index contributed by atoms with van der Waals surface area (Å²) in [5.74, 6) is -5.66. The van der Waals surface area contributed by atoms with E-state index in [4.69, 9.17) is 9.15 Å². The summed E-state index contributed by atoms with van der Waals surface area (Å²) in [6.07, 6.45) is -3.78. The number of aromatic nitrogens is 1. The van der Waals surface area contributed by atoms with Crippen LogP contribution in [0.5, 0.6) is 5.75 Å². The molecule has 1 fully saturated rings. The van der Waals surface area contributed by atoms with Gasteiger partial charge in [-0.1, -0.05) is 6.07 Å². The number of fused-ring (bicyclic) bond motifs is 1. The van der Waals surface area contributed by atoms with Gasteiger partial charge in [-0.05, 0) is 38.1 Å². The first-order valence-corrected chi connectivity index (χ1v) is 10.2. The zero-order valence-corrected chi connectivity index (χ0v) is 17.7. The second kappa shape index (κ2) is 8.82. The van der Waals surface area contributed by atoms with Crippen LogP contribution in [0.1, 0.15) is 33.8 Å². The topological polar surface area (TPSA) is 76.4 Å². The number of alkyl halides is 5. The maximum absolute atomic E-state index is 15.3. The number of aryl methyl sites for hydroxylation is 1. The molecule has 0 aliphatic carbocycles. The van der Waals surface area contributed by atoms with Crippen LogP contribution in [0, 0.1) is 12.7 Å². The van der Waals surface area contributed by atoms with Crippen LogP contribution in [0.25, 0.3) is 11.0 Å². The van der Waals surface area contributed by atoms with Crippen molar-refractivity contribution in [1.29, 1.82) is 0 Å². The second-order valence-corrected chi connectivity index (χ2v) is 7.83. The predicted octanol–water partition coefficient (Wildman–Crippen LogP) is 4.60. The van der Waals surface area contributed by atoms with Gasteiger partial charge in [0.1, 0.15) is 18.0 Å². The van der Waals surface area contributed by atoms with E-state index in [-0.39, 0.29) is 40.8 Å². The zero-order valence-electron chi connectivity index (χ0n) is 17.7. The lowest BCUT2D eigenvalue weighted by molar-refractivity contribution is -0.142. The van der Waals surface area contributed by atoms with Gasteiger partial charge in [0.05, 0.1) is 23.5 Å². The Kier molecular flexibility index (Phi) is 6.19. The van der Waals surface area contributed by atoms with Crippen molar-refractivity contribution >= 4 is 16.9 Å². The van der Waals surface area contributed by atoms with Gasteiger partial charge in [0.15, 0.2) is 17.3 Å². The van der Waals surface area contributed by atoms with Crippen molar-refractivity contribution in [2.24, 2.45) is 0 Å². The third-order valence-corrected chi connectivity index (χ3v) is 5.49. The van der Waals surface area contributed by atoms with Gasteiger partial charge < -0.3 is 19.8 Å². The SMILES string of the molecule is Cc1oc2ccc(OCc3cccnc3C(F)(F)F)c(F)c2c1C(=O)NC1CCNCC1(F)F. The van der Waals surface area contributed by atoms with E-state index in [2.05, 4.69) is 15.6 Å². The van der Waals surface area contributed by atoms with Crippen LogP contribution in [-0.4, -0.2) is 35.9 Å². The van der Waals surface area contributed by atoms with E-state index in [0.29, 0.717) is 0 Å². The number of carbonyl (C=O) groups excluding carboxylic acids is 1. The van der Waals surface area contributed by atoms with Crippen LogP contribution >= 0.6 is 0 Å². The molecule has 1 amide bonds. The molecule has 0 spiro atoms. The quantitative estimate of drug-likeness (QED) is 0.515. The maximum atomic E-state index is 15.3. The number of pyridine rings is 1. The molecule has 1 atom stereocenters. The first-order chi connectivity index (χ1) is 16.0. The number of hydrogen-bond donors (Lipinski definition) is 2. The van der Waals surface area contributed by atoms with Gasteiger partial charge in [0, 0.05) is 11.8 Å². The van der Waals surface area contributed by atoms with Gasteiger partial charge in [0.25, 0.3) is 11.8 Å². The van der Waals surface area contributed by atoms with Gasteiger partial charge in [-0.2, -0.15) is 13.2 Å². The van der Waals surface area contributed by atoms with Gasteiger partial charge in [-0.15, -0.1) is 0 Å². The lowest BCUT2D eigenvalue weighted by Crippen LogP contribution is -2.57. The van der Waals surface area contributed by atoms with Crippen molar-refractivity contribution in [3.63, 3.8) is 0 Å². The average Bonchev–Trinajstić information content (AvgIpc) is 3.11. The molecule has 4 rings (SSSR count). The summed E-state index contributed by atoms with van der Waals surface area (Å²) in [5, 5.41) is 4.47. The summed E-state index contributed by atoms with van der Waals surface area (Å²) in [4.78, 5) is 16.1. The Morgan fingerprint density at radius 2 is 2.09 bits per heavy atom. The van der Waals surface area contributed by atoms with Crippen molar-refractivity contribution in [3.05, 3.63) is 58.9 Å². The van der Waals surface area contributed by atoms with Crippen molar-refractivity contribution in [3.8, 4) is 5.75 Å². The van der Waals surface area contributed by atoms with E-state index in [9.17, 15) is 26.7 Å². The van der Waals surface area contributed by atoms with Gasteiger partial charge in [-0.25, -0.2) is 13.2 Å². The number of halogens is 6. The van der Waals surface area contributed by atoms with Crippen molar-refractivity contribution in [1.82, 2.24) is 15.6 Å². The van der Waals surface area contributed by atoms with Gasteiger partial charge in [-0.3, -0.25) is 9.78 Å². The Morgan fingerprint density at radius 3 is 2.79 bits per heavy atom. The molecule has 1 aromatic carbocycles. The third-order valence-electron chi connectivity index (χ3n) is 5.49. The maximum Gasteiger partial charge on any atom is 0.433 e. The fraction of sp³-hybridized carbons (Fsp3) is 0.364. The Labute approximate surface area is 189 Å². The summed E-state index contributed by atoms with van der Waals surface area (Å²) in [7, 11) is 0. The number of hydrogen-bond acceptors (Lipinski definition) is 5. The molecule has 3 aromatic rings. The molecule has 12 heteroatoms. The molecule has 0 saturated carbocycles. The van der Waals surface area contributed by atoms with Crippen LogP contribution < -0.4 is 15.4 Å². The first kappa shape index (κ1) is 23.9. The number of benzene rings is 1. The molecule has 1 aliphatic rings. The number of carbonyl (C=O) groups is 1. The van der Waals surface area contributed by atoms with Crippen molar-refractivity contribution in [2.45, 2.75) is 38.1 Å². The molecule has 2 aromatic heterocycles. The Bertz CT molecular complexity index is 1220. The molecule has 6 nitrogen and oxygen atoms in total. The highest BCUT2D eigenvalue weighted by Crippen LogP contribution is 2.35. The number of nitrogens with one attached hydrogen (secondary N) is 2. The number of ether oxygens (including phenoxy) is 1. The molecule has 34 heavy (non-hydrogen) atoms. The highest BCUT2D eigenvalue weighted by molar-refractivity contribution is 6.08. The molecule has 0 bridgehead atoms. The normalized spacial score (nSPS) is 18.1. The van der Waals surface area contributed by atoms with E-state index >= 15 is 4.39 Å². The first-order valence-electron chi connectivity index (χ1n) is 10.2. The minimum atomic E-state index is -4.73. The van der Waals surface area contributed by atoms with Crippen LogP contribution in [0.2, 0.25) is 0 Å². The summed E-state index contributed by atoms with van der Waals surface area (Å²) in [5.41, 5.74) is -1.81. The van der Waals surface area contributed by atoms with E-state index < -0.39 is 54.5 Å². The Hall–Kier alpha value is -3.28. The summed E-state index contributed by atoms with van der Waals surface area (Å²) in [6.45, 7) is 0.390. The summed E-state index contributed by atoms with van der Waals surface area (Å²) in [6, 6.07) is 3.40. The molecule has 1 aliphatic heterocycles. The number of piperidine rings is 1. The van der Waals surface area contributed by atoms with Crippen LogP contribution in [0.3, 0.4) is 0 Å². The zero-order chi connectivity index (χ0) is 24.7. The van der Waals surface area contributed by atoms with Gasteiger partial charge in [0.2, 0.25) is 0 Å². The van der Waals surface area contributed by atoms with E-state index in [1.54, 1.807) is 0 Å².